The molecular formula is C11H11ClN4O. The Kier molecular flexibility index (Phi) is 2.40. The van der Waals surface area contributed by atoms with Gasteiger partial charge < -0.3 is 10.2 Å². The number of anilines is 1. The Hall–Kier alpha value is -1.75. The second-order valence-electron chi connectivity index (χ2n) is 4.03. The summed E-state index contributed by atoms with van der Waals surface area (Å²) in [7, 11) is 0. The highest BCUT2D eigenvalue weighted by molar-refractivity contribution is 6.31. The average molecular weight is 251 g/mol. The molecule has 0 radical (unpaired) electrons. The van der Waals surface area contributed by atoms with Gasteiger partial charge >= 0.3 is 0 Å². The first kappa shape index (κ1) is 10.4. The number of hydrogen-bond donors (Lipinski definition) is 2. The molecule has 88 valence electrons. The molecule has 6 heteroatoms. The van der Waals surface area contributed by atoms with Gasteiger partial charge in [0.1, 0.15) is 0 Å². The number of H-pyrrole nitrogens is 1. The van der Waals surface area contributed by atoms with Gasteiger partial charge in [-0.2, -0.15) is 5.10 Å². The summed E-state index contributed by atoms with van der Waals surface area (Å²) in [5, 5.41) is 11.3. The number of halogens is 1. The number of benzene rings is 1. The van der Waals surface area contributed by atoms with Crippen LogP contribution in [0.4, 0.5) is 5.69 Å². The molecule has 2 N–H and O–H groups in total. The van der Waals surface area contributed by atoms with Crippen LogP contribution in [0.15, 0.2) is 18.3 Å². The lowest BCUT2D eigenvalue weighted by atomic mass is 10.2. The predicted octanol–water partition coefficient (Wildman–Crippen LogP) is 1.15. The normalized spacial score (nSPS) is 16.3. The number of carbonyl (C=O) groups excluding carboxylic acids is 1. The third-order valence-corrected chi connectivity index (χ3v) is 3.10. The Labute approximate surface area is 103 Å². The Morgan fingerprint density at radius 1 is 1.41 bits per heavy atom. The number of fused-ring (bicyclic) bond motifs is 1. The molecule has 0 saturated carbocycles. The summed E-state index contributed by atoms with van der Waals surface area (Å²) in [6.07, 6.45) is 1.76. The second-order valence-corrected chi connectivity index (χ2v) is 4.46. The molecule has 2 heterocycles. The van der Waals surface area contributed by atoms with Crippen LogP contribution in [0.5, 0.6) is 0 Å². The molecule has 0 aliphatic carbocycles. The van der Waals surface area contributed by atoms with Crippen molar-refractivity contribution in [3.63, 3.8) is 0 Å². The molecule has 1 saturated heterocycles. The van der Waals surface area contributed by atoms with Gasteiger partial charge in [0.05, 0.1) is 18.3 Å². The summed E-state index contributed by atoms with van der Waals surface area (Å²) in [5.74, 6) is 0.0351. The van der Waals surface area contributed by atoms with Gasteiger partial charge in [-0.05, 0) is 12.1 Å². The molecule has 0 atom stereocenters. The maximum Gasteiger partial charge on any atom is 0.239 e. The summed E-state index contributed by atoms with van der Waals surface area (Å²) in [6, 6.07) is 3.70. The SMILES string of the molecule is O=C1CN(c2cc(Cl)cc3[nH]ncc23)CCN1. The first-order valence-electron chi connectivity index (χ1n) is 5.38. The summed E-state index contributed by atoms with van der Waals surface area (Å²) in [5.41, 5.74) is 1.84. The van der Waals surface area contributed by atoms with Gasteiger partial charge in [-0.3, -0.25) is 9.89 Å². The number of rotatable bonds is 1. The number of aromatic nitrogens is 2. The van der Waals surface area contributed by atoms with Gasteiger partial charge in [-0.25, -0.2) is 0 Å². The molecule has 0 unspecified atom stereocenters. The lowest BCUT2D eigenvalue weighted by Gasteiger charge is -2.29. The molecule has 2 aromatic rings. The van der Waals surface area contributed by atoms with E-state index in [0.29, 0.717) is 18.1 Å². The highest BCUT2D eigenvalue weighted by Gasteiger charge is 2.19. The molecular weight excluding hydrogens is 240 g/mol. The topological polar surface area (TPSA) is 61.0 Å². The molecule has 1 aliphatic heterocycles. The third kappa shape index (κ3) is 1.82. The smallest absolute Gasteiger partial charge is 0.239 e. The largest absolute Gasteiger partial charge is 0.360 e. The minimum Gasteiger partial charge on any atom is -0.360 e. The van der Waals surface area contributed by atoms with Crippen molar-refractivity contribution in [2.45, 2.75) is 0 Å². The van der Waals surface area contributed by atoms with E-state index in [1.54, 1.807) is 6.20 Å². The van der Waals surface area contributed by atoms with Crippen LogP contribution in [0.1, 0.15) is 0 Å². The number of aromatic amines is 1. The zero-order valence-corrected chi connectivity index (χ0v) is 9.79. The Bertz CT molecular complexity index is 580. The molecule has 5 nitrogen and oxygen atoms in total. The average Bonchev–Trinajstić information content (AvgIpc) is 2.75. The van der Waals surface area contributed by atoms with E-state index in [0.717, 1.165) is 23.1 Å². The Morgan fingerprint density at radius 3 is 3.12 bits per heavy atom. The van der Waals surface area contributed by atoms with Crippen molar-refractivity contribution >= 4 is 34.1 Å². The fraction of sp³-hybridized carbons (Fsp3) is 0.273. The predicted molar refractivity (Wildman–Crippen MR) is 66.3 cm³/mol. The molecule has 17 heavy (non-hydrogen) atoms. The molecule has 1 fully saturated rings. The van der Waals surface area contributed by atoms with Crippen LogP contribution in [0.25, 0.3) is 10.9 Å². The van der Waals surface area contributed by atoms with Crippen LogP contribution in [-0.4, -0.2) is 35.7 Å². The second kappa shape index (κ2) is 3.92. The van der Waals surface area contributed by atoms with E-state index < -0.39 is 0 Å². The summed E-state index contributed by atoms with van der Waals surface area (Å²) in [4.78, 5) is 13.4. The maximum atomic E-state index is 11.4. The van der Waals surface area contributed by atoms with Crippen LogP contribution >= 0.6 is 11.6 Å². The molecule has 1 aromatic heterocycles. The molecule has 1 aliphatic rings. The molecule has 3 rings (SSSR count). The van der Waals surface area contributed by atoms with E-state index in [-0.39, 0.29) is 5.91 Å². The fourth-order valence-corrected chi connectivity index (χ4v) is 2.32. The van der Waals surface area contributed by atoms with Crippen LogP contribution < -0.4 is 10.2 Å². The van der Waals surface area contributed by atoms with Gasteiger partial charge in [-0.15, -0.1) is 0 Å². The van der Waals surface area contributed by atoms with Crippen molar-refractivity contribution in [3.05, 3.63) is 23.4 Å². The highest BCUT2D eigenvalue weighted by Crippen LogP contribution is 2.29. The number of nitrogens with one attached hydrogen (secondary N) is 2. The van der Waals surface area contributed by atoms with Crippen LogP contribution in [0, 0.1) is 0 Å². The molecule has 1 amide bonds. The van der Waals surface area contributed by atoms with Gasteiger partial charge in [-0.1, -0.05) is 11.6 Å². The van der Waals surface area contributed by atoms with Crippen molar-refractivity contribution in [1.82, 2.24) is 15.5 Å². The van der Waals surface area contributed by atoms with E-state index in [9.17, 15) is 4.79 Å². The van der Waals surface area contributed by atoms with Crippen molar-refractivity contribution in [2.24, 2.45) is 0 Å². The van der Waals surface area contributed by atoms with E-state index in [4.69, 9.17) is 11.6 Å². The Morgan fingerprint density at radius 2 is 2.29 bits per heavy atom. The molecule has 0 bridgehead atoms. The lowest BCUT2D eigenvalue weighted by molar-refractivity contribution is -0.120. The van der Waals surface area contributed by atoms with Crippen molar-refractivity contribution in [1.29, 1.82) is 0 Å². The van der Waals surface area contributed by atoms with E-state index in [1.165, 1.54) is 0 Å². The summed E-state index contributed by atoms with van der Waals surface area (Å²) >= 11 is 6.06. The maximum absolute atomic E-state index is 11.4. The summed E-state index contributed by atoms with van der Waals surface area (Å²) in [6.45, 7) is 1.80. The number of nitrogens with zero attached hydrogens (tertiary/aromatic N) is 2. The van der Waals surface area contributed by atoms with Crippen molar-refractivity contribution in [2.75, 3.05) is 24.5 Å². The van der Waals surface area contributed by atoms with E-state index in [1.807, 2.05) is 17.0 Å². The van der Waals surface area contributed by atoms with Crippen LogP contribution in [0.3, 0.4) is 0 Å². The number of piperazine rings is 1. The molecule has 0 spiro atoms. The number of carbonyl (C=O) groups is 1. The minimum absolute atomic E-state index is 0.0351. The number of amides is 1. The first-order chi connectivity index (χ1) is 8.24. The highest BCUT2D eigenvalue weighted by atomic mass is 35.5. The van der Waals surface area contributed by atoms with E-state index in [2.05, 4.69) is 15.5 Å². The van der Waals surface area contributed by atoms with Gasteiger partial charge in [0, 0.05) is 29.2 Å². The quantitative estimate of drug-likeness (QED) is 0.798. The zero-order valence-electron chi connectivity index (χ0n) is 9.03. The van der Waals surface area contributed by atoms with Crippen LogP contribution in [0.2, 0.25) is 5.02 Å². The minimum atomic E-state index is 0.0351. The van der Waals surface area contributed by atoms with Crippen molar-refractivity contribution < 1.29 is 4.79 Å². The van der Waals surface area contributed by atoms with Gasteiger partial charge in [0.25, 0.3) is 0 Å². The number of hydrogen-bond acceptors (Lipinski definition) is 3. The van der Waals surface area contributed by atoms with Gasteiger partial charge in [0.2, 0.25) is 5.91 Å². The van der Waals surface area contributed by atoms with Crippen molar-refractivity contribution in [3.8, 4) is 0 Å². The standard InChI is InChI=1S/C11H11ClN4O/c12-7-3-9-8(5-14-15-9)10(4-7)16-2-1-13-11(17)6-16/h3-5H,1-2,6H2,(H,13,17)(H,14,15). The third-order valence-electron chi connectivity index (χ3n) is 2.88. The van der Waals surface area contributed by atoms with Crippen LogP contribution in [-0.2, 0) is 4.79 Å². The Balaban J connectivity index is 2.09. The zero-order chi connectivity index (χ0) is 11.8. The van der Waals surface area contributed by atoms with Gasteiger partial charge in [0.15, 0.2) is 0 Å². The monoisotopic (exact) mass is 250 g/mol. The fourth-order valence-electron chi connectivity index (χ4n) is 2.10. The first-order valence-corrected chi connectivity index (χ1v) is 5.76. The lowest BCUT2D eigenvalue weighted by Crippen LogP contribution is -2.47. The van der Waals surface area contributed by atoms with E-state index >= 15 is 0 Å². The molecule has 1 aromatic carbocycles. The summed E-state index contributed by atoms with van der Waals surface area (Å²) < 4.78 is 0.